The van der Waals surface area contributed by atoms with E-state index in [2.05, 4.69) is 31.9 Å². The number of piperidine rings is 1. The van der Waals surface area contributed by atoms with Gasteiger partial charge in [0.25, 0.3) is 5.92 Å². The fourth-order valence-corrected chi connectivity index (χ4v) is 8.50. The molecule has 21 heteroatoms. The number of unbranched alkanes of at least 4 members (excludes halogenated alkanes) is 1. The molecule has 19 nitrogen and oxygen atoms in total. The van der Waals surface area contributed by atoms with Crippen LogP contribution in [-0.4, -0.2) is 143 Å². The lowest BCUT2D eigenvalue weighted by Crippen LogP contribution is -2.73. The molecule has 8 amide bonds. The second-order valence-electron chi connectivity index (χ2n) is 21.2. The topological polar surface area (TPSA) is 254 Å². The molecule has 2 aromatic rings. The summed E-state index contributed by atoms with van der Waals surface area (Å²) in [5, 5.41) is 25.1. The number of nitrogens with zero attached hydrogens (tertiary/aromatic N) is 2. The van der Waals surface area contributed by atoms with E-state index >= 15 is 8.78 Å². The van der Waals surface area contributed by atoms with Crippen LogP contribution in [0.5, 0.6) is 0 Å². The molecular weight excluding hydrogens is 939 g/mol. The number of nitrogens with one attached hydrogen (secondary N) is 6. The van der Waals surface area contributed by atoms with Crippen molar-refractivity contribution < 1.29 is 61.7 Å². The number of ether oxygens (including phenoxy) is 2. The Morgan fingerprint density at radius 2 is 1.11 bits per heavy atom. The molecule has 1 spiro atoms. The highest BCUT2D eigenvalue weighted by Gasteiger charge is 2.64. The molecule has 7 N–H and O–H groups in total. The first kappa shape index (κ1) is 58.0. The van der Waals surface area contributed by atoms with Gasteiger partial charge in [0.1, 0.15) is 41.4 Å². The minimum absolute atomic E-state index is 0.0220. The molecule has 5 atom stereocenters. The van der Waals surface area contributed by atoms with E-state index in [-0.39, 0.29) is 70.6 Å². The maximum atomic E-state index is 16.1. The van der Waals surface area contributed by atoms with Crippen molar-refractivity contribution in [3.63, 3.8) is 0 Å². The maximum Gasteiger partial charge on any atom is 0.408 e. The molecule has 398 valence electrons. The van der Waals surface area contributed by atoms with E-state index in [9.17, 15) is 43.5 Å². The smallest absolute Gasteiger partial charge is 0.408 e. The molecule has 2 aromatic carbocycles. The van der Waals surface area contributed by atoms with Gasteiger partial charge in [0.15, 0.2) is 0 Å². The van der Waals surface area contributed by atoms with Gasteiger partial charge in [-0.2, -0.15) is 0 Å². The average molecular weight is 1010 g/mol. The predicted molar refractivity (Wildman–Crippen MR) is 263 cm³/mol. The van der Waals surface area contributed by atoms with Gasteiger partial charge < -0.3 is 56.3 Å². The Hall–Kier alpha value is -6.54. The Labute approximate surface area is 420 Å². The summed E-state index contributed by atoms with van der Waals surface area (Å²) in [6, 6.07) is 11.2. The van der Waals surface area contributed by atoms with Crippen molar-refractivity contribution in [3.05, 3.63) is 71.8 Å². The molecule has 2 saturated heterocycles. The SMILES string of the molecule is CC(C)C[C@@H](NC(=O)[C@@H](Cc1ccccc1)NC(=O)[C@@H](Cc1ccccc1)NC(=O)O)C(=O)N[C@H](CCCCNC(=O)OC(C)(C)C)C(=O)N1CC2(CCN(C(=O)[C@@H](C)NC(=O)OC(C)(C)C)CC2(F)F)C1. The number of alkyl halides is 2. The summed E-state index contributed by atoms with van der Waals surface area (Å²) in [7, 11) is 0. The van der Waals surface area contributed by atoms with E-state index in [0.29, 0.717) is 17.5 Å². The molecule has 0 radical (unpaired) electrons. The second kappa shape index (κ2) is 25.2. The monoisotopic (exact) mass is 1010 g/mol. The summed E-state index contributed by atoms with van der Waals surface area (Å²) in [6.45, 7) is 13.5. The van der Waals surface area contributed by atoms with Crippen LogP contribution in [0, 0.1) is 11.3 Å². The van der Waals surface area contributed by atoms with Crippen LogP contribution in [-0.2, 0) is 46.3 Å². The molecule has 0 aliphatic carbocycles. The summed E-state index contributed by atoms with van der Waals surface area (Å²) in [5.41, 5.74) is -1.94. The van der Waals surface area contributed by atoms with Crippen LogP contribution < -0.4 is 31.9 Å². The van der Waals surface area contributed by atoms with Gasteiger partial charge in [0.05, 0.1) is 12.0 Å². The maximum absolute atomic E-state index is 16.1. The zero-order valence-corrected chi connectivity index (χ0v) is 42.9. The predicted octanol–water partition coefficient (Wildman–Crippen LogP) is 4.91. The zero-order valence-electron chi connectivity index (χ0n) is 42.9. The van der Waals surface area contributed by atoms with Crippen molar-refractivity contribution in [2.75, 3.05) is 32.7 Å². The third kappa shape index (κ3) is 17.9. The van der Waals surface area contributed by atoms with Gasteiger partial charge in [-0.1, -0.05) is 74.5 Å². The summed E-state index contributed by atoms with van der Waals surface area (Å²) in [4.78, 5) is 109. The molecule has 72 heavy (non-hydrogen) atoms. The molecule has 2 aliphatic rings. The van der Waals surface area contributed by atoms with E-state index in [1.807, 2.05) is 13.8 Å². The van der Waals surface area contributed by atoms with E-state index in [4.69, 9.17) is 9.47 Å². The standard InChI is InChI=1S/C51H74F2N8O11/c1-32(2)26-37(57-41(63)38(27-34-18-12-10-13-19-34)58-42(64)39(59-45(67)68)28-35-20-14-11-15-21-35)40(62)56-36(22-16-17-24-54-46(69)71-48(4,5)6)44(66)61-29-50(30-61)23-25-60(31-51(50,52)53)43(65)33(3)55-47(70)72-49(7,8)9/h10-15,18-21,32-33,36-39,59H,16-17,22-31H2,1-9H3,(H,54,69)(H,55,70)(H,56,62)(H,57,63)(H,58,64)(H,67,68)/t33-,36-,37-,38-,39-/m1/s1. The summed E-state index contributed by atoms with van der Waals surface area (Å²) in [5.74, 6) is -7.26. The number of hydrogen-bond donors (Lipinski definition) is 7. The average Bonchev–Trinajstić information content (AvgIpc) is 3.25. The third-order valence-corrected chi connectivity index (χ3v) is 12.1. The van der Waals surface area contributed by atoms with E-state index in [0.717, 1.165) is 4.90 Å². The number of carbonyl (C=O) groups is 8. The van der Waals surface area contributed by atoms with Crippen LogP contribution in [0.15, 0.2) is 60.7 Å². The minimum atomic E-state index is -3.43. The van der Waals surface area contributed by atoms with Gasteiger partial charge in [-0.3, -0.25) is 24.0 Å². The number of benzene rings is 2. The Kier molecular flexibility index (Phi) is 20.3. The summed E-state index contributed by atoms with van der Waals surface area (Å²) >= 11 is 0. The van der Waals surface area contributed by atoms with Crippen LogP contribution in [0.3, 0.4) is 0 Å². The molecule has 4 rings (SSSR count). The molecular formula is C51H74F2N8O11. The van der Waals surface area contributed by atoms with Gasteiger partial charge in [-0.25, -0.2) is 23.2 Å². The highest BCUT2D eigenvalue weighted by Crippen LogP contribution is 2.50. The van der Waals surface area contributed by atoms with Crippen molar-refractivity contribution >= 4 is 47.8 Å². The lowest BCUT2D eigenvalue weighted by atomic mass is 9.68. The molecule has 2 aliphatic heterocycles. The highest BCUT2D eigenvalue weighted by atomic mass is 19.3. The quantitative estimate of drug-likeness (QED) is 0.0828. The van der Waals surface area contributed by atoms with E-state index < -0.39 is 107 Å². The zero-order chi connectivity index (χ0) is 53.6. The number of alkyl carbamates (subject to hydrolysis) is 2. The normalized spacial score (nSPS) is 17.2. The fourth-order valence-electron chi connectivity index (χ4n) is 8.50. The number of halogens is 2. The van der Waals surface area contributed by atoms with E-state index in [1.165, 1.54) is 11.8 Å². The van der Waals surface area contributed by atoms with Crippen molar-refractivity contribution in [1.29, 1.82) is 0 Å². The molecule has 2 heterocycles. The van der Waals surface area contributed by atoms with Crippen molar-refractivity contribution in [2.45, 2.75) is 155 Å². The molecule has 0 saturated carbocycles. The number of hydrogen-bond acceptors (Lipinski definition) is 10. The minimum Gasteiger partial charge on any atom is -0.465 e. The number of carboxylic acid groups (broad SMARTS) is 1. The van der Waals surface area contributed by atoms with Crippen LogP contribution in [0.1, 0.15) is 106 Å². The number of carbonyl (C=O) groups excluding carboxylic acids is 7. The van der Waals surface area contributed by atoms with Gasteiger partial charge >= 0.3 is 18.3 Å². The summed E-state index contributed by atoms with van der Waals surface area (Å²) in [6.07, 6.45) is -2.42. The molecule has 2 fully saturated rings. The number of amides is 8. The Balaban J connectivity index is 1.52. The van der Waals surface area contributed by atoms with Crippen LogP contribution in [0.4, 0.5) is 23.2 Å². The highest BCUT2D eigenvalue weighted by molar-refractivity contribution is 5.95. The van der Waals surface area contributed by atoms with Crippen LogP contribution >= 0.6 is 0 Å². The van der Waals surface area contributed by atoms with Crippen molar-refractivity contribution in [1.82, 2.24) is 41.7 Å². The van der Waals surface area contributed by atoms with Gasteiger partial charge in [-0.05, 0) is 97.6 Å². The Bertz CT molecular complexity index is 2200. The first-order valence-corrected chi connectivity index (χ1v) is 24.5. The lowest BCUT2D eigenvalue weighted by molar-refractivity contribution is -0.225. The van der Waals surface area contributed by atoms with Crippen LogP contribution in [0.2, 0.25) is 0 Å². The van der Waals surface area contributed by atoms with E-state index in [1.54, 1.807) is 102 Å². The van der Waals surface area contributed by atoms with Gasteiger partial charge in [0, 0.05) is 39.0 Å². The van der Waals surface area contributed by atoms with Crippen molar-refractivity contribution in [2.24, 2.45) is 11.3 Å². The fraction of sp³-hybridized carbons (Fsp3) is 0.608. The third-order valence-electron chi connectivity index (χ3n) is 12.1. The lowest BCUT2D eigenvalue weighted by Gasteiger charge is -2.57. The molecule has 0 unspecified atom stereocenters. The first-order valence-electron chi connectivity index (χ1n) is 24.5. The molecule has 0 bridgehead atoms. The van der Waals surface area contributed by atoms with Gasteiger partial charge in [0.2, 0.25) is 29.5 Å². The number of likely N-dealkylation sites (tertiary alicyclic amines) is 2. The van der Waals surface area contributed by atoms with Crippen LogP contribution in [0.25, 0.3) is 0 Å². The van der Waals surface area contributed by atoms with Gasteiger partial charge in [-0.15, -0.1) is 0 Å². The first-order chi connectivity index (χ1) is 33.6. The Morgan fingerprint density at radius 3 is 1.61 bits per heavy atom. The molecule has 0 aromatic heterocycles. The second-order valence-corrected chi connectivity index (χ2v) is 21.2. The summed E-state index contributed by atoms with van der Waals surface area (Å²) < 4.78 is 42.8. The van der Waals surface area contributed by atoms with Crippen molar-refractivity contribution in [3.8, 4) is 0 Å². The number of rotatable bonds is 21. The Morgan fingerprint density at radius 1 is 0.625 bits per heavy atom. The largest absolute Gasteiger partial charge is 0.465 e.